The Morgan fingerprint density at radius 2 is 1.53 bits per heavy atom. The maximum absolute atomic E-state index is 12.2. The summed E-state index contributed by atoms with van der Waals surface area (Å²) < 4.78 is 4.24. The number of aromatic nitrogens is 2. The molecule has 0 unspecified atom stereocenters. The zero-order chi connectivity index (χ0) is 13.1. The van der Waals surface area contributed by atoms with E-state index < -0.39 is 0 Å². The molecule has 92 valence electrons. The van der Waals surface area contributed by atoms with E-state index in [0.29, 0.717) is 16.4 Å². The van der Waals surface area contributed by atoms with Gasteiger partial charge >= 0.3 is 0 Å². The summed E-state index contributed by atoms with van der Waals surface area (Å²) >= 11 is 1.14. The predicted molar refractivity (Wildman–Crippen MR) is 75.2 cm³/mol. The fourth-order valence-electron chi connectivity index (χ4n) is 1.73. The van der Waals surface area contributed by atoms with Crippen LogP contribution in [0.2, 0.25) is 0 Å². The second-order valence-electron chi connectivity index (χ2n) is 3.98. The SMILES string of the molecule is O=C(c1ccccc1)c1nc(-c2ccccc2)ns1. The van der Waals surface area contributed by atoms with Crippen molar-refractivity contribution in [1.82, 2.24) is 9.36 Å². The quantitative estimate of drug-likeness (QED) is 0.682. The van der Waals surface area contributed by atoms with Gasteiger partial charge in [0.05, 0.1) is 0 Å². The lowest BCUT2D eigenvalue weighted by molar-refractivity contribution is 0.103. The summed E-state index contributed by atoms with van der Waals surface area (Å²) in [6.45, 7) is 0. The van der Waals surface area contributed by atoms with Gasteiger partial charge in [-0.3, -0.25) is 4.79 Å². The zero-order valence-corrected chi connectivity index (χ0v) is 10.8. The number of ketones is 1. The van der Waals surface area contributed by atoms with E-state index in [0.717, 1.165) is 17.1 Å². The molecule has 4 heteroatoms. The van der Waals surface area contributed by atoms with Crippen molar-refractivity contribution < 1.29 is 4.79 Å². The molecule has 3 aromatic rings. The molecule has 2 aromatic carbocycles. The lowest BCUT2D eigenvalue weighted by atomic mass is 10.1. The molecule has 0 aliphatic carbocycles. The molecular weight excluding hydrogens is 256 g/mol. The van der Waals surface area contributed by atoms with Gasteiger partial charge < -0.3 is 0 Å². The Hall–Kier alpha value is -2.33. The average Bonchev–Trinajstić information content (AvgIpc) is 2.98. The smallest absolute Gasteiger partial charge is 0.223 e. The van der Waals surface area contributed by atoms with E-state index >= 15 is 0 Å². The summed E-state index contributed by atoms with van der Waals surface area (Å²) in [5.41, 5.74) is 1.56. The number of nitrogens with zero attached hydrogens (tertiary/aromatic N) is 2. The monoisotopic (exact) mass is 266 g/mol. The van der Waals surface area contributed by atoms with E-state index in [-0.39, 0.29) is 5.78 Å². The van der Waals surface area contributed by atoms with Gasteiger partial charge in [0.1, 0.15) is 0 Å². The second kappa shape index (κ2) is 5.12. The van der Waals surface area contributed by atoms with Gasteiger partial charge in [0, 0.05) is 11.1 Å². The highest BCUT2D eigenvalue weighted by Crippen LogP contribution is 2.19. The standard InChI is InChI=1S/C15H10N2OS/c18-13(11-7-3-1-4-8-11)15-16-14(17-19-15)12-9-5-2-6-10-12/h1-10H. The third-order valence-corrected chi connectivity index (χ3v) is 3.40. The molecule has 0 atom stereocenters. The van der Waals surface area contributed by atoms with Crippen LogP contribution in [0.1, 0.15) is 15.4 Å². The summed E-state index contributed by atoms with van der Waals surface area (Å²) in [4.78, 5) is 16.5. The minimum absolute atomic E-state index is 0.0831. The summed E-state index contributed by atoms with van der Waals surface area (Å²) in [6, 6.07) is 18.8. The number of rotatable bonds is 3. The lowest BCUT2D eigenvalue weighted by Crippen LogP contribution is -1.99. The van der Waals surface area contributed by atoms with Crippen molar-refractivity contribution >= 4 is 17.3 Å². The third kappa shape index (κ3) is 2.44. The Morgan fingerprint density at radius 1 is 0.895 bits per heavy atom. The van der Waals surface area contributed by atoms with Gasteiger partial charge in [-0.15, -0.1) is 0 Å². The maximum Gasteiger partial charge on any atom is 0.223 e. The van der Waals surface area contributed by atoms with Gasteiger partial charge in [-0.1, -0.05) is 60.7 Å². The van der Waals surface area contributed by atoms with Crippen molar-refractivity contribution in [2.45, 2.75) is 0 Å². The van der Waals surface area contributed by atoms with Crippen molar-refractivity contribution in [2.75, 3.05) is 0 Å². The number of benzene rings is 2. The molecule has 1 aromatic heterocycles. The average molecular weight is 266 g/mol. The number of carbonyl (C=O) groups is 1. The van der Waals surface area contributed by atoms with E-state index in [2.05, 4.69) is 9.36 Å². The third-order valence-electron chi connectivity index (χ3n) is 2.69. The van der Waals surface area contributed by atoms with Crippen LogP contribution in [-0.4, -0.2) is 15.1 Å². The molecule has 0 spiro atoms. The summed E-state index contributed by atoms with van der Waals surface area (Å²) in [5, 5.41) is 0.421. The summed E-state index contributed by atoms with van der Waals surface area (Å²) in [6.07, 6.45) is 0. The highest BCUT2D eigenvalue weighted by Gasteiger charge is 2.15. The second-order valence-corrected chi connectivity index (χ2v) is 4.74. The molecule has 0 amide bonds. The van der Waals surface area contributed by atoms with Gasteiger partial charge in [0.15, 0.2) is 10.8 Å². The zero-order valence-electron chi connectivity index (χ0n) is 9.98. The minimum Gasteiger partial charge on any atom is -0.286 e. The van der Waals surface area contributed by atoms with Crippen LogP contribution in [0.5, 0.6) is 0 Å². The molecule has 0 aliphatic heterocycles. The Labute approximate surface area is 114 Å². The molecule has 3 rings (SSSR count). The molecule has 0 saturated heterocycles. The van der Waals surface area contributed by atoms with Crippen molar-refractivity contribution in [2.24, 2.45) is 0 Å². The Balaban J connectivity index is 1.92. The number of hydrogen-bond acceptors (Lipinski definition) is 4. The van der Waals surface area contributed by atoms with Crippen LogP contribution >= 0.6 is 11.5 Å². The van der Waals surface area contributed by atoms with Crippen molar-refractivity contribution in [3.8, 4) is 11.4 Å². The van der Waals surface area contributed by atoms with Gasteiger partial charge in [-0.2, -0.15) is 4.37 Å². The first kappa shape index (κ1) is 11.7. The van der Waals surface area contributed by atoms with Gasteiger partial charge in [-0.25, -0.2) is 4.98 Å². The fourth-order valence-corrected chi connectivity index (χ4v) is 2.38. The Kier molecular flexibility index (Phi) is 3.16. The molecule has 0 bridgehead atoms. The molecular formula is C15H10N2OS. The molecule has 0 N–H and O–H groups in total. The largest absolute Gasteiger partial charge is 0.286 e. The molecule has 0 fully saturated rings. The maximum atomic E-state index is 12.2. The van der Waals surface area contributed by atoms with Crippen molar-refractivity contribution in [3.05, 3.63) is 71.2 Å². The molecule has 1 heterocycles. The molecule has 19 heavy (non-hydrogen) atoms. The van der Waals surface area contributed by atoms with Gasteiger partial charge in [0.2, 0.25) is 5.78 Å². The van der Waals surface area contributed by atoms with Crippen LogP contribution in [0.3, 0.4) is 0 Å². The van der Waals surface area contributed by atoms with Crippen LogP contribution < -0.4 is 0 Å². The van der Waals surface area contributed by atoms with Crippen LogP contribution in [0.4, 0.5) is 0 Å². The number of carbonyl (C=O) groups excluding carboxylic acids is 1. The van der Waals surface area contributed by atoms with E-state index in [1.54, 1.807) is 12.1 Å². The Bertz CT molecular complexity index is 692. The summed E-state index contributed by atoms with van der Waals surface area (Å²) in [5.74, 6) is 0.519. The van der Waals surface area contributed by atoms with Crippen LogP contribution in [0.15, 0.2) is 60.7 Å². The first-order valence-electron chi connectivity index (χ1n) is 5.83. The fraction of sp³-hybridized carbons (Fsp3) is 0. The van der Waals surface area contributed by atoms with Crippen LogP contribution in [-0.2, 0) is 0 Å². The van der Waals surface area contributed by atoms with Gasteiger partial charge in [-0.05, 0) is 11.5 Å². The van der Waals surface area contributed by atoms with E-state index in [4.69, 9.17) is 0 Å². The van der Waals surface area contributed by atoms with Gasteiger partial charge in [0.25, 0.3) is 0 Å². The van der Waals surface area contributed by atoms with Crippen molar-refractivity contribution in [3.63, 3.8) is 0 Å². The molecule has 0 aliphatic rings. The first-order valence-corrected chi connectivity index (χ1v) is 6.61. The number of hydrogen-bond donors (Lipinski definition) is 0. The highest BCUT2D eigenvalue weighted by molar-refractivity contribution is 7.08. The topological polar surface area (TPSA) is 42.9 Å². The van der Waals surface area contributed by atoms with E-state index in [9.17, 15) is 4.79 Å². The summed E-state index contributed by atoms with van der Waals surface area (Å²) in [7, 11) is 0. The van der Waals surface area contributed by atoms with Crippen LogP contribution in [0.25, 0.3) is 11.4 Å². The molecule has 0 radical (unpaired) electrons. The minimum atomic E-state index is -0.0831. The van der Waals surface area contributed by atoms with E-state index in [1.807, 2.05) is 48.5 Å². The normalized spacial score (nSPS) is 10.3. The van der Waals surface area contributed by atoms with Crippen molar-refractivity contribution in [1.29, 1.82) is 0 Å². The van der Waals surface area contributed by atoms with E-state index in [1.165, 1.54) is 0 Å². The highest BCUT2D eigenvalue weighted by atomic mass is 32.1. The Morgan fingerprint density at radius 3 is 2.21 bits per heavy atom. The van der Waals surface area contributed by atoms with Crippen LogP contribution in [0, 0.1) is 0 Å². The lowest BCUT2D eigenvalue weighted by Gasteiger charge is -1.95. The molecule has 3 nitrogen and oxygen atoms in total. The first-order chi connectivity index (χ1) is 9.34. The molecule has 0 saturated carbocycles. The predicted octanol–water partition coefficient (Wildman–Crippen LogP) is 3.44.